The average molecular weight is 425 g/mol. The summed E-state index contributed by atoms with van der Waals surface area (Å²) in [6.45, 7) is 4.19. The maximum absolute atomic E-state index is 11.8. The zero-order chi connectivity index (χ0) is 20.5. The predicted octanol–water partition coefficient (Wildman–Crippen LogP) is 3.30. The Morgan fingerprint density at radius 2 is 1.43 bits per heavy atom. The molecule has 0 bridgehead atoms. The van der Waals surface area contributed by atoms with Gasteiger partial charge in [0, 0.05) is 18.1 Å². The molecule has 0 heterocycles. The van der Waals surface area contributed by atoms with Gasteiger partial charge in [0.1, 0.15) is 11.5 Å². The second-order valence-corrected chi connectivity index (χ2v) is 6.96. The number of aryl methyl sites for hydroxylation is 2. The standard InChI is InChI=1S/C20H22Cl2N2O4/c1-13-3-5-17(14(2)9-13)27-11-19(25)23-7-8-24-20(26)12-28-18-6-4-15(21)10-16(18)22/h3-6,9-10H,7-8,11-12H2,1-2H3,(H,23,25)(H,24,26). The van der Waals surface area contributed by atoms with Crippen LogP contribution in [0.15, 0.2) is 36.4 Å². The Morgan fingerprint density at radius 1 is 0.857 bits per heavy atom. The lowest BCUT2D eigenvalue weighted by Gasteiger charge is -2.11. The fraction of sp³-hybridized carbons (Fsp3) is 0.300. The van der Waals surface area contributed by atoms with E-state index in [9.17, 15) is 9.59 Å². The molecule has 2 amide bonds. The highest BCUT2D eigenvalue weighted by Crippen LogP contribution is 2.27. The highest BCUT2D eigenvalue weighted by molar-refractivity contribution is 6.35. The Hall–Kier alpha value is -2.44. The van der Waals surface area contributed by atoms with E-state index in [1.54, 1.807) is 12.1 Å². The zero-order valence-electron chi connectivity index (χ0n) is 15.7. The van der Waals surface area contributed by atoms with E-state index in [0.717, 1.165) is 11.1 Å². The molecule has 28 heavy (non-hydrogen) atoms. The smallest absolute Gasteiger partial charge is 0.258 e. The molecule has 2 aromatic rings. The number of carbonyl (C=O) groups excluding carboxylic acids is 2. The summed E-state index contributed by atoms with van der Waals surface area (Å²) in [5.74, 6) is 0.454. The first-order valence-electron chi connectivity index (χ1n) is 8.66. The highest BCUT2D eigenvalue weighted by atomic mass is 35.5. The van der Waals surface area contributed by atoms with Crippen molar-refractivity contribution in [2.45, 2.75) is 13.8 Å². The minimum absolute atomic E-state index is 0.0873. The van der Waals surface area contributed by atoms with Gasteiger partial charge in [0.2, 0.25) is 0 Å². The molecule has 2 rings (SSSR count). The van der Waals surface area contributed by atoms with Crippen molar-refractivity contribution < 1.29 is 19.1 Å². The van der Waals surface area contributed by atoms with Crippen LogP contribution in [0.1, 0.15) is 11.1 Å². The maximum atomic E-state index is 11.8. The third kappa shape index (κ3) is 7.29. The minimum atomic E-state index is -0.327. The number of rotatable bonds is 9. The van der Waals surface area contributed by atoms with Crippen molar-refractivity contribution >= 4 is 35.0 Å². The minimum Gasteiger partial charge on any atom is -0.484 e. The summed E-state index contributed by atoms with van der Waals surface area (Å²) in [6, 6.07) is 10.5. The molecular weight excluding hydrogens is 403 g/mol. The van der Waals surface area contributed by atoms with Crippen LogP contribution in [-0.4, -0.2) is 38.1 Å². The molecule has 0 spiro atoms. The predicted molar refractivity (Wildman–Crippen MR) is 109 cm³/mol. The van der Waals surface area contributed by atoms with Crippen LogP contribution < -0.4 is 20.1 Å². The van der Waals surface area contributed by atoms with E-state index in [0.29, 0.717) is 21.5 Å². The number of halogens is 2. The van der Waals surface area contributed by atoms with Crippen molar-refractivity contribution in [1.82, 2.24) is 10.6 Å². The molecule has 0 fully saturated rings. The zero-order valence-corrected chi connectivity index (χ0v) is 17.2. The summed E-state index contributed by atoms with van der Waals surface area (Å²) in [4.78, 5) is 23.6. The molecule has 0 atom stereocenters. The summed E-state index contributed by atoms with van der Waals surface area (Å²) in [5, 5.41) is 6.13. The van der Waals surface area contributed by atoms with Crippen LogP contribution >= 0.6 is 23.2 Å². The molecule has 0 unspecified atom stereocenters. The third-order valence-electron chi connectivity index (χ3n) is 3.71. The lowest BCUT2D eigenvalue weighted by molar-refractivity contribution is -0.124. The molecule has 8 heteroatoms. The van der Waals surface area contributed by atoms with Gasteiger partial charge in [-0.3, -0.25) is 9.59 Å². The van der Waals surface area contributed by atoms with E-state index in [-0.39, 0.29) is 38.1 Å². The van der Waals surface area contributed by atoms with Crippen LogP contribution in [-0.2, 0) is 9.59 Å². The van der Waals surface area contributed by atoms with Crippen molar-refractivity contribution in [2.24, 2.45) is 0 Å². The average Bonchev–Trinajstić information content (AvgIpc) is 2.64. The summed E-state index contributed by atoms with van der Waals surface area (Å²) in [7, 11) is 0. The van der Waals surface area contributed by atoms with Crippen molar-refractivity contribution in [2.75, 3.05) is 26.3 Å². The molecule has 0 saturated carbocycles. The molecule has 2 aromatic carbocycles. The fourth-order valence-electron chi connectivity index (χ4n) is 2.35. The van der Waals surface area contributed by atoms with Gasteiger partial charge >= 0.3 is 0 Å². The number of hydrogen-bond acceptors (Lipinski definition) is 4. The van der Waals surface area contributed by atoms with Gasteiger partial charge in [0.15, 0.2) is 13.2 Å². The number of nitrogens with one attached hydrogen (secondary N) is 2. The number of carbonyl (C=O) groups is 2. The highest BCUT2D eigenvalue weighted by Gasteiger charge is 2.07. The lowest BCUT2D eigenvalue weighted by atomic mass is 10.1. The molecule has 6 nitrogen and oxygen atoms in total. The van der Waals surface area contributed by atoms with Gasteiger partial charge in [-0.15, -0.1) is 0 Å². The van der Waals surface area contributed by atoms with E-state index in [4.69, 9.17) is 32.7 Å². The first kappa shape index (κ1) is 21.9. The summed E-state index contributed by atoms with van der Waals surface area (Å²) in [6.07, 6.45) is 0. The summed E-state index contributed by atoms with van der Waals surface area (Å²) >= 11 is 11.8. The largest absolute Gasteiger partial charge is 0.484 e. The van der Waals surface area contributed by atoms with Crippen molar-refractivity contribution in [1.29, 1.82) is 0 Å². The molecule has 0 aliphatic heterocycles. The van der Waals surface area contributed by atoms with Gasteiger partial charge in [0.05, 0.1) is 5.02 Å². The molecule has 150 valence electrons. The molecule has 0 aliphatic carbocycles. The van der Waals surface area contributed by atoms with Crippen molar-refractivity contribution in [3.8, 4) is 11.5 Å². The van der Waals surface area contributed by atoms with Crippen LogP contribution in [0.3, 0.4) is 0 Å². The first-order valence-corrected chi connectivity index (χ1v) is 9.42. The van der Waals surface area contributed by atoms with E-state index in [2.05, 4.69) is 10.6 Å². The lowest BCUT2D eigenvalue weighted by Crippen LogP contribution is -2.38. The molecule has 0 radical (unpaired) electrons. The van der Waals surface area contributed by atoms with Crippen LogP contribution in [0.4, 0.5) is 0 Å². The van der Waals surface area contributed by atoms with Gasteiger partial charge in [0.25, 0.3) is 11.8 Å². The molecular formula is C20H22Cl2N2O4. The topological polar surface area (TPSA) is 76.7 Å². The monoisotopic (exact) mass is 424 g/mol. The molecule has 0 aliphatic rings. The van der Waals surface area contributed by atoms with Crippen LogP contribution in [0.25, 0.3) is 0 Å². The van der Waals surface area contributed by atoms with E-state index < -0.39 is 0 Å². The van der Waals surface area contributed by atoms with Gasteiger partial charge < -0.3 is 20.1 Å². The Morgan fingerprint density at radius 3 is 2.00 bits per heavy atom. The van der Waals surface area contributed by atoms with E-state index >= 15 is 0 Å². The summed E-state index contributed by atoms with van der Waals surface area (Å²) in [5.41, 5.74) is 2.10. The molecule has 2 N–H and O–H groups in total. The van der Waals surface area contributed by atoms with Gasteiger partial charge in [-0.2, -0.15) is 0 Å². The van der Waals surface area contributed by atoms with Crippen molar-refractivity contribution in [3.05, 3.63) is 57.6 Å². The van der Waals surface area contributed by atoms with E-state index in [1.807, 2.05) is 32.0 Å². The van der Waals surface area contributed by atoms with Crippen LogP contribution in [0, 0.1) is 13.8 Å². The maximum Gasteiger partial charge on any atom is 0.258 e. The van der Waals surface area contributed by atoms with Crippen LogP contribution in [0.2, 0.25) is 10.0 Å². The number of ether oxygens (including phenoxy) is 2. The normalized spacial score (nSPS) is 10.3. The van der Waals surface area contributed by atoms with Gasteiger partial charge in [-0.25, -0.2) is 0 Å². The fourth-order valence-corrected chi connectivity index (χ4v) is 2.81. The second-order valence-electron chi connectivity index (χ2n) is 6.12. The van der Waals surface area contributed by atoms with Crippen molar-refractivity contribution in [3.63, 3.8) is 0 Å². The number of hydrogen-bond donors (Lipinski definition) is 2. The second kappa shape index (κ2) is 10.8. The first-order chi connectivity index (χ1) is 13.3. The van der Waals surface area contributed by atoms with Crippen LogP contribution in [0.5, 0.6) is 11.5 Å². The summed E-state index contributed by atoms with van der Waals surface area (Å²) < 4.78 is 10.8. The van der Waals surface area contributed by atoms with Gasteiger partial charge in [-0.1, -0.05) is 40.9 Å². The molecule has 0 saturated heterocycles. The molecule has 0 aromatic heterocycles. The number of amides is 2. The Balaban J connectivity index is 1.61. The van der Waals surface area contributed by atoms with Gasteiger partial charge in [-0.05, 0) is 43.7 Å². The quantitative estimate of drug-likeness (QED) is 0.605. The Kier molecular flexibility index (Phi) is 8.42. The Labute approximate surface area is 174 Å². The third-order valence-corrected chi connectivity index (χ3v) is 4.24. The van der Waals surface area contributed by atoms with E-state index in [1.165, 1.54) is 6.07 Å². The Bertz CT molecular complexity index is 773. The SMILES string of the molecule is Cc1ccc(OCC(=O)NCCNC(=O)COc2ccc(Cl)cc2Cl)c(C)c1. The number of benzene rings is 2.